The first-order chi connectivity index (χ1) is 5.84. The minimum Gasteiger partial charge on any atom is -0.362 e. The van der Waals surface area contributed by atoms with Crippen LogP contribution in [0.2, 0.25) is 0 Å². The van der Waals surface area contributed by atoms with Gasteiger partial charge in [0.15, 0.2) is 5.17 Å². The maximum atomic E-state index is 4.44. The third-order valence-corrected chi connectivity index (χ3v) is 3.51. The highest BCUT2D eigenvalue weighted by Crippen LogP contribution is 2.27. The lowest BCUT2D eigenvalue weighted by Gasteiger charge is -2.34. The second-order valence-electron chi connectivity index (χ2n) is 3.81. The summed E-state index contributed by atoms with van der Waals surface area (Å²) in [5, 5.41) is 4.69. The van der Waals surface area contributed by atoms with Gasteiger partial charge in [0.25, 0.3) is 0 Å². The van der Waals surface area contributed by atoms with Gasteiger partial charge in [0.1, 0.15) is 0 Å². The van der Waals surface area contributed by atoms with Crippen LogP contribution in [0.5, 0.6) is 0 Å². The van der Waals surface area contributed by atoms with E-state index in [0.29, 0.717) is 0 Å². The van der Waals surface area contributed by atoms with Crippen LogP contribution in [0.3, 0.4) is 0 Å². The lowest BCUT2D eigenvalue weighted by atomic mass is 9.82. The van der Waals surface area contributed by atoms with Gasteiger partial charge in [-0.1, -0.05) is 18.7 Å². The van der Waals surface area contributed by atoms with Crippen LogP contribution in [-0.2, 0) is 0 Å². The van der Waals surface area contributed by atoms with Gasteiger partial charge in [0.2, 0.25) is 0 Å². The van der Waals surface area contributed by atoms with Crippen LogP contribution in [0.25, 0.3) is 0 Å². The Kier molecular flexibility index (Phi) is 2.59. The number of amidine groups is 1. The number of hydrogen-bond donors (Lipinski definition) is 1. The molecule has 68 valence electrons. The Hall–Kier alpha value is -0.180. The molecule has 0 radical (unpaired) electrons. The second kappa shape index (κ2) is 3.69. The second-order valence-corrected chi connectivity index (χ2v) is 4.89. The van der Waals surface area contributed by atoms with Crippen molar-refractivity contribution in [3.63, 3.8) is 0 Å². The summed E-state index contributed by atoms with van der Waals surface area (Å²) in [4.78, 5) is 4.44. The molecule has 1 fully saturated rings. The molecule has 0 aromatic carbocycles. The smallest absolute Gasteiger partial charge is 0.156 e. The van der Waals surface area contributed by atoms with Gasteiger partial charge < -0.3 is 5.32 Å². The van der Waals surface area contributed by atoms with Crippen LogP contribution in [0.1, 0.15) is 26.2 Å². The van der Waals surface area contributed by atoms with Crippen molar-refractivity contribution in [1.29, 1.82) is 0 Å². The number of thioether (sulfide) groups is 1. The SMILES string of the molecule is CC1CC(NC2=NCCCS2)C1. The van der Waals surface area contributed by atoms with E-state index in [-0.39, 0.29) is 0 Å². The van der Waals surface area contributed by atoms with E-state index in [0.717, 1.165) is 18.5 Å². The largest absolute Gasteiger partial charge is 0.362 e. The summed E-state index contributed by atoms with van der Waals surface area (Å²) in [6.45, 7) is 3.34. The molecule has 0 aromatic heterocycles. The number of rotatable bonds is 1. The van der Waals surface area contributed by atoms with Crippen molar-refractivity contribution in [2.24, 2.45) is 10.9 Å². The predicted octanol–water partition coefficient (Wildman–Crippen LogP) is 1.87. The van der Waals surface area contributed by atoms with Crippen molar-refractivity contribution in [1.82, 2.24) is 5.32 Å². The molecule has 0 aromatic rings. The molecule has 0 unspecified atom stereocenters. The molecular formula is C9H16N2S. The van der Waals surface area contributed by atoms with Gasteiger partial charge in [-0.2, -0.15) is 0 Å². The highest BCUT2D eigenvalue weighted by molar-refractivity contribution is 8.13. The Bertz CT molecular complexity index is 185. The van der Waals surface area contributed by atoms with Gasteiger partial charge in [-0.25, -0.2) is 0 Å². The zero-order chi connectivity index (χ0) is 8.39. The van der Waals surface area contributed by atoms with Crippen molar-refractivity contribution in [2.75, 3.05) is 12.3 Å². The molecular weight excluding hydrogens is 168 g/mol. The van der Waals surface area contributed by atoms with E-state index in [1.54, 1.807) is 0 Å². The zero-order valence-electron chi connectivity index (χ0n) is 7.55. The maximum Gasteiger partial charge on any atom is 0.156 e. The Labute approximate surface area is 78.2 Å². The molecule has 2 nitrogen and oxygen atoms in total. The topological polar surface area (TPSA) is 24.4 Å². The molecule has 0 atom stereocenters. The Morgan fingerprint density at radius 3 is 2.92 bits per heavy atom. The first-order valence-corrected chi connectivity index (χ1v) is 5.77. The summed E-state index contributed by atoms with van der Waals surface area (Å²) in [6, 6.07) is 0.726. The third-order valence-electron chi connectivity index (χ3n) is 2.50. The summed E-state index contributed by atoms with van der Waals surface area (Å²) < 4.78 is 0. The van der Waals surface area contributed by atoms with Crippen molar-refractivity contribution in [3.8, 4) is 0 Å². The predicted molar refractivity (Wildman–Crippen MR) is 54.7 cm³/mol. The van der Waals surface area contributed by atoms with Crippen molar-refractivity contribution < 1.29 is 0 Å². The highest BCUT2D eigenvalue weighted by atomic mass is 32.2. The molecule has 2 rings (SSSR count). The highest BCUT2D eigenvalue weighted by Gasteiger charge is 2.26. The Morgan fingerprint density at radius 2 is 2.33 bits per heavy atom. The molecule has 1 aliphatic heterocycles. The van der Waals surface area contributed by atoms with E-state index in [9.17, 15) is 0 Å². The maximum absolute atomic E-state index is 4.44. The van der Waals surface area contributed by atoms with Crippen molar-refractivity contribution in [3.05, 3.63) is 0 Å². The molecule has 1 heterocycles. The fourth-order valence-corrected chi connectivity index (χ4v) is 2.64. The quantitative estimate of drug-likeness (QED) is 0.673. The zero-order valence-corrected chi connectivity index (χ0v) is 8.36. The summed E-state index contributed by atoms with van der Waals surface area (Å²) in [5.74, 6) is 2.17. The first kappa shape index (κ1) is 8.42. The van der Waals surface area contributed by atoms with Crippen molar-refractivity contribution in [2.45, 2.75) is 32.2 Å². The van der Waals surface area contributed by atoms with E-state index in [1.807, 2.05) is 11.8 Å². The fourth-order valence-electron chi connectivity index (χ4n) is 1.74. The van der Waals surface area contributed by atoms with E-state index in [2.05, 4.69) is 17.2 Å². The van der Waals surface area contributed by atoms with Gasteiger partial charge in [0, 0.05) is 18.3 Å². The molecule has 12 heavy (non-hydrogen) atoms. The van der Waals surface area contributed by atoms with Gasteiger partial charge >= 0.3 is 0 Å². The minimum absolute atomic E-state index is 0.726. The number of aliphatic imine (C=N–C) groups is 1. The molecule has 1 aliphatic carbocycles. The van der Waals surface area contributed by atoms with Crippen LogP contribution < -0.4 is 5.32 Å². The first-order valence-electron chi connectivity index (χ1n) is 4.78. The molecule has 0 spiro atoms. The molecule has 0 amide bonds. The van der Waals surface area contributed by atoms with E-state index in [4.69, 9.17) is 0 Å². The van der Waals surface area contributed by atoms with Crippen LogP contribution in [-0.4, -0.2) is 23.5 Å². The Morgan fingerprint density at radius 1 is 1.50 bits per heavy atom. The van der Waals surface area contributed by atoms with Gasteiger partial charge in [-0.3, -0.25) is 4.99 Å². The summed E-state index contributed by atoms with van der Waals surface area (Å²) in [7, 11) is 0. The molecule has 0 bridgehead atoms. The van der Waals surface area contributed by atoms with E-state index >= 15 is 0 Å². The molecule has 0 saturated heterocycles. The normalized spacial score (nSPS) is 35.2. The third kappa shape index (κ3) is 1.94. The summed E-state index contributed by atoms with van der Waals surface area (Å²) >= 11 is 1.88. The average Bonchev–Trinajstić information content (AvgIpc) is 2.04. The van der Waals surface area contributed by atoms with Crippen LogP contribution in [0, 0.1) is 5.92 Å². The molecule has 1 saturated carbocycles. The lowest BCUT2D eigenvalue weighted by Crippen LogP contribution is -2.43. The van der Waals surface area contributed by atoms with Crippen LogP contribution in [0.15, 0.2) is 4.99 Å². The van der Waals surface area contributed by atoms with Gasteiger partial charge in [-0.05, 0) is 25.2 Å². The summed E-state index contributed by atoms with van der Waals surface area (Å²) in [5.41, 5.74) is 0. The Balaban J connectivity index is 1.75. The van der Waals surface area contributed by atoms with Gasteiger partial charge in [0.05, 0.1) is 0 Å². The minimum atomic E-state index is 0.726. The van der Waals surface area contributed by atoms with Gasteiger partial charge in [-0.15, -0.1) is 0 Å². The van der Waals surface area contributed by atoms with Crippen LogP contribution >= 0.6 is 11.8 Å². The van der Waals surface area contributed by atoms with E-state index < -0.39 is 0 Å². The number of nitrogens with zero attached hydrogens (tertiary/aromatic N) is 1. The standard InChI is InChI=1S/C9H16N2S/c1-7-5-8(6-7)11-9-10-3-2-4-12-9/h7-8H,2-6H2,1H3,(H,10,11). The van der Waals surface area contributed by atoms with Crippen LogP contribution in [0.4, 0.5) is 0 Å². The summed E-state index contributed by atoms with van der Waals surface area (Å²) in [6.07, 6.45) is 3.91. The number of nitrogens with one attached hydrogen (secondary N) is 1. The van der Waals surface area contributed by atoms with Crippen molar-refractivity contribution >= 4 is 16.9 Å². The monoisotopic (exact) mass is 184 g/mol. The average molecular weight is 184 g/mol. The van der Waals surface area contributed by atoms with E-state index in [1.165, 1.54) is 30.2 Å². The lowest BCUT2D eigenvalue weighted by molar-refractivity contribution is 0.269. The molecule has 3 heteroatoms. The molecule has 1 N–H and O–H groups in total. The fraction of sp³-hybridized carbons (Fsp3) is 0.889. The number of hydrogen-bond acceptors (Lipinski definition) is 3. The molecule has 2 aliphatic rings.